The Bertz CT molecular complexity index is 1770. The molecule has 2 aromatic heterocycles. The lowest BCUT2D eigenvalue weighted by atomic mass is 10.0. The molecule has 4 aromatic carbocycles. The van der Waals surface area contributed by atoms with Crippen LogP contribution in [-0.4, -0.2) is 4.98 Å². The average Bonchev–Trinajstić information content (AvgIpc) is 3.50. The van der Waals surface area contributed by atoms with Crippen LogP contribution in [0, 0.1) is 11.3 Å². The molecule has 1 aliphatic rings. The van der Waals surface area contributed by atoms with E-state index >= 15 is 0 Å². The zero-order valence-electron chi connectivity index (χ0n) is 19.6. The van der Waals surface area contributed by atoms with E-state index in [1.807, 2.05) is 60.7 Å². The topological polar surface area (TPSA) is 49.2 Å². The number of rotatable bonds is 3. The van der Waals surface area contributed by atoms with Crippen molar-refractivity contribution < 1.29 is 4.74 Å². The Hall–Kier alpha value is -4.92. The molecule has 174 valence electrons. The Morgan fingerprint density at radius 3 is 2.11 bits per heavy atom. The zero-order chi connectivity index (χ0) is 24.8. The third-order valence-electron chi connectivity index (χ3n) is 6.59. The van der Waals surface area contributed by atoms with Crippen molar-refractivity contribution in [3.63, 3.8) is 0 Å². The molecule has 3 heterocycles. The molecular formula is C32H19N3OS. The molecule has 37 heavy (non-hydrogen) atoms. The Labute approximate surface area is 218 Å². The van der Waals surface area contributed by atoms with Crippen molar-refractivity contribution in [2.45, 2.75) is 0 Å². The monoisotopic (exact) mass is 493 g/mol. The predicted octanol–water partition coefficient (Wildman–Crippen LogP) is 9.08. The van der Waals surface area contributed by atoms with Crippen molar-refractivity contribution in [2.24, 2.45) is 0 Å². The van der Waals surface area contributed by atoms with E-state index in [2.05, 4.69) is 64.9 Å². The Morgan fingerprint density at radius 2 is 1.43 bits per heavy atom. The van der Waals surface area contributed by atoms with E-state index in [1.165, 1.54) is 4.88 Å². The van der Waals surface area contributed by atoms with Gasteiger partial charge in [0, 0.05) is 21.4 Å². The van der Waals surface area contributed by atoms with Crippen LogP contribution >= 0.6 is 11.3 Å². The highest BCUT2D eigenvalue weighted by molar-refractivity contribution is 7.13. The lowest BCUT2D eigenvalue weighted by Gasteiger charge is -2.33. The van der Waals surface area contributed by atoms with Crippen LogP contribution in [0.15, 0.2) is 115 Å². The fraction of sp³-hybridized carbons (Fsp3) is 0. The van der Waals surface area contributed by atoms with E-state index in [0.717, 1.165) is 56.3 Å². The first-order valence-electron chi connectivity index (χ1n) is 11.9. The van der Waals surface area contributed by atoms with Gasteiger partial charge < -0.3 is 9.64 Å². The molecule has 5 heteroatoms. The second-order valence-electron chi connectivity index (χ2n) is 8.77. The van der Waals surface area contributed by atoms with Crippen LogP contribution in [0.25, 0.3) is 32.6 Å². The molecule has 7 rings (SSSR count). The van der Waals surface area contributed by atoms with Gasteiger partial charge in [-0.2, -0.15) is 5.26 Å². The summed E-state index contributed by atoms with van der Waals surface area (Å²) in [5, 5.41) is 12.5. The van der Waals surface area contributed by atoms with Crippen molar-refractivity contribution in [3.8, 4) is 39.3 Å². The molecule has 0 bridgehead atoms. The number of hydrogen-bond donors (Lipinski definition) is 0. The summed E-state index contributed by atoms with van der Waals surface area (Å²) in [6.07, 6.45) is 0. The minimum Gasteiger partial charge on any atom is -0.453 e. The van der Waals surface area contributed by atoms with Crippen molar-refractivity contribution in [3.05, 3.63) is 120 Å². The molecule has 0 N–H and O–H groups in total. The Morgan fingerprint density at radius 1 is 0.730 bits per heavy atom. The summed E-state index contributed by atoms with van der Waals surface area (Å²) < 4.78 is 6.25. The van der Waals surface area contributed by atoms with E-state index in [-0.39, 0.29) is 0 Å². The Kier molecular flexibility index (Phi) is 4.99. The van der Waals surface area contributed by atoms with Gasteiger partial charge in [-0.15, -0.1) is 11.3 Å². The summed E-state index contributed by atoms with van der Waals surface area (Å²) >= 11 is 1.71. The summed E-state index contributed by atoms with van der Waals surface area (Å²) in [5.74, 6) is 1.61. The standard InChI is InChI=1S/C32H19N3OS/c33-20-21-14-16-22(17-15-21)25-19-24(31-13-6-18-37-31)23-7-5-10-28(32(23)34-25)35-26-8-1-3-11-29(26)36-30-12-4-2-9-27(30)35/h1-19H. The second-order valence-corrected chi connectivity index (χ2v) is 9.72. The summed E-state index contributed by atoms with van der Waals surface area (Å²) in [4.78, 5) is 8.65. The molecule has 1 aliphatic heterocycles. The molecular weight excluding hydrogens is 474 g/mol. The highest BCUT2D eigenvalue weighted by Crippen LogP contribution is 2.51. The number of hydrogen-bond acceptors (Lipinski definition) is 5. The molecule has 0 unspecified atom stereocenters. The lowest BCUT2D eigenvalue weighted by Crippen LogP contribution is -2.16. The average molecular weight is 494 g/mol. The van der Waals surface area contributed by atoms with Gasteiger partial charge >= 0.3 is 0 Å². The van der Waals surface area contributed by atoms with E-state index in [4.69, 9.17) is 9.72 Å². The van der Waals surface area contributed by atoms with Gasteiger partial charge in [-0.05, 0) is 60.0 Å². The van der Waals surface area contributed by atoms with Crippen LogP contribution in [0.5, 0.6) is 11.5 Å². The van der Waals surface area contributed by atoms with Crippen LogP contribution < -0.4 is 9.64 Å². The summed E-state index contributed by atoms with van der Waals surface area (Å²) in [7, 11) is 0. The van der Waals surface area contributed by atoms with Gasteiger partial charge in [-0.25, -0.2) is 4.98 Å². The largest absolute Gasteiger partial charge is 0.453 e. The second kappa shape index (κ2) is 8.63. The number of aromatic nitrogens is 1. The molecule has 0 aliphatic carbocycles. The first kappa shape index (κ1) is 21.4. The lowest BCUT2D eigenvalue weighted by molar-refractivity contribution is 0.477. The minimum atomic E-state index is 0.630. The van der Waals surface area contributed by atoms with Crippen LogP contribution in [0.2, 0.25) is 0 Å². The van der Waals surface area contributed by atoms with Crippen molar-refractivity contribution in [1.29, 1.82) is 5.26 Å². The molecule has 0 fully saturated rings. The van der Waals surface area contributed by atoms with Gasteiger partial charge in [0.1, 0.15) is 0 Å². The minimum absolute atomic E-state index is 0.630. The first-order valence-corrected chi connectivity index (χ1v) is 12.8. The van der Waals surface area contributed by atoms with Crippen LogP contribution in [0.3, 0.4) is 0 Å². The molecule has 0 saturated carbocycles. The molecule has 0 amide bonds. The van der Waals surface area contributed by atoms with Gasteiger partial charge in [0.25, 0.3) is 0 Å². The summed E-state index contributed by atoms with van der Waals surface area (Å²) in [6, 6.07) is 38.7. The number of thiophene rings is 1. The van der Waals surface area contributed by atoms with Crippen LogP contribution in [-0.2, 0) is 0 Å². The van der Waals surface area contributed by atoms with Gasteiger partial charge in [0.05, 0.1) is 39.9 Å². The maximum Gasteiger partial charge on any atom is 0.151 e. The fourth-order valence-electron chi connectivity index (χ4n) is 4.88. The highest BCUT2D eigenvalue weighted by atomic mass is 32.1. The molecule has 0 saturated heterocycles. The smallest absolute Gasteiger partial charge is 0.151 e. The molecule has 6 aromatic rings. The van der Waals surface area contributed by atoms with Crippen molar-refractivity contribution in [1.82, 2.24) is 4.98 Å². The maximum absolute atomic E-state index is 9.27. The van der Waals surface area contributed by atoms with Gasteiger partial charge in [0.15, 0.2) is 11.5 Å². The van der Waals surface area contributed by atoms with E-state index in [1.54, 1.807) is 11.3 Å². The van der Waals surface area contributed by atoms with Gasteiger partial charge in [-0.1, -0.05) is 54.6 Å². The quantitative estimate of drug-likeness (QED) is 0.246. The normalized spacial score (nSPS) is 11.9. The SMILES string of the molecule is N#Cc1ccc(-c2cc(-c3cccs3)c3cccc(N4c5ccccc5Oc5ccccc54)c3n2)cc1. The van der Waals surface area contributed by atoms with Gasteiger partial charge in [-0.3, -0.25) is 0 Å². The number of anilines is 3. The fourth-order valence-corrected chi connectivity index (χ4v) is 5.63. The molecule has 0 spiro atoms. The molecule has 0 atom stereocenters. The maximum atomic E-state index is 9.27. The third-order valence-corrected chi connectivity index (χ3v) is 7.49. The van der Waals surface area contributed by atoms with E-state index in [9.17, 15) is 5.26 Å². The van der Waals surface area contributed by atoms with Crippen LogP contribution in [0.4, 0.5) is 17.1 Å². The third kappa shape index (κ3) is 3.55. The number of fused-ring (bicyclic) bond motifs is 3. The van der Waals surface area contributed by atoms with Crippen molar-refractivity contribution in [2.75, 3.05) is 4.90 Å². The number of benzene rings is 4. The number of nitriles is 1. The number of pyridine rings is 1. The highest BCUT2D eigenvalue weighted by Gasteiger charge is 2.27. The first-order chi connectivity index (χ1) is 18.3. The summed E-state index contributed by atoms with van der Waals surface area (Å²) in [6.45, 7) is 0. The predicted molar refractivity (Wildman–Crippen MR) is 150 cm³/mol. The van der Waals surface area contributed by atoms with E-state index in [0.29, 0.717) is 5.56 Å². The number of nitrogens with zero attached hydrogens (tertiary/aromatic N) is 3. The Balaban J connectivity index is 1.53. The van der Waals surface area contributed by atoms with Gasteiger partial charge in [0.2, 0.25) is 0 Å². The van der Waals surface area contributed by atoms with E-state index < -0.39 is 0 Å². The number of para-hydroxylation sites is 5. The van der Waals surface area contributed by atoms with Crippen LogP contribution in [0.1, 0.15) is 5.56 Å². The zero-order valence-corrected chi connectivity index (χ0v) is 20.4. The van der Waals surface area contributed by atoms with Crippen molar-refractivity contribution >= 4 is 39.3 Å². The summed E-state index contributed by atoms with van der Waals surface area (Å²) in [5.41, 5.74) is 7.42. The number of ether oxygens (including phenoxy) is 1. The molecule has 4 nitrogen and oxygen atoms in total. The molecule has 0 radical (unpaired) electrons.